The maximum atomic E-state index is 5.75. The van der Waals surface area contributed by atoms with Crippen LogP contribution in [0.25, 0.3) is 0 Å². The van der Waals surface area contributed by atoms with Gasteiger partial charge in [0.05, 0.1) is 7.11 Å². The molecule has 0 saturated carbocycles. The van der Waals surface area contributed by atoms with Crippen LogP contribution >= 0.6 is 11.3 Å². The quantitative estimate of drug-likeness (QED) is 0.797. The van der Waals surface area contributed by atoms with Crippen molar-refractivity contribution in [1.82, 2.24) is 5.32 Å². The summed E-state index contributed by atoms with van der Waals surface area (Å²) < 4.78 is 5.34. The number of aryl methyl sites for hydroxylation is 1. The zero-order valence-corrected chi connectivity index (χ0v) is 12.2. The average Bonchev–Trinajstić information content (AvgIpc) is 2.87. The first-order valence-electron chi connectivity index (χ1n) is 6.43. The van der Waals surface area contributed by atoms with Crippen molar-refractivity contribution in [2.45, 2.75) is 26.4 Å². The van der Waals surface area contributed by atoms with E-state index in [9.17, 15) is 0 Å². The number of nitrogen functional groups attached to an aromatic ring is 1. The van der Waals surface area contributed by atoms with Gasteiger partial charge in [-0.3, -0.25) is 0 Å². The Hall–Kier alpha value is -1.52. The maximum absolute atomic E-state index is 5.75. The van der Waals surface area contributed by atoms with Crippen LogP contribution in [-0.2, 0) is 19.5 Å². The molecule has 3 N–H and O–H groups in total. The van der Waals surface area contributed by atoms with Crippen molar-refractivity contribution in [2.24, 2.45) is 0 Å². The third-order valence-corrected chi connectivity index (χ3v) is 4.09. The number of nitrogens with one attached hydrogen (secondary N) is 1. The molecule has 1 aromatic carbocycles. The number of hydrogen-bond acceptors (Lipinski definition) is 4. The van der Waals surface area contributed by atoms with Crippen molar-refractivity contribution in [3.8, 4) is 5.75 Å². The number of ether oxygens (including phenoxy) is 1. The van der Waals surface area contributed by atoms with Crippen LogP contribution in [0.3, 0.4) is 0 Å². The fourth-order valence-corrected chi connectivity index (χ4v) is 3.00. The standard InChI is InChI=1S/C15H20N2OS/c1-3-11-6-7-19-15(11)10-17-9-12-4-5-13(16)8-14(12)18-2/h4-8,17H,3,9-10,16H2,1-2H3. The summed E-state index contributed by atoms with van der Waals surface area (Å²) >= 11 is 1.81. The van der Waals surface area contributed by atoms with Crippen LogP contribution < -0.4 is 15.8 Å². The van der Waals surface area contributed by atoms with Crippen LogP contribution in [0.1, 0.15) is 22.9 Å². The lowest BCUT2D eigenvalue weighted by Gasteiger charge is -2.10. The number of hydrogen-bond donors (Lipinski definition) is 2. The second-order valence-corrected chi connectivity index (χ2v) is 5.40. The molecular formula is C15H20N2OS. The summed E-state index contributed by atoms with van der Waals surface area (Å²) in [6, 6.07) is 7.98. The molecule has 0 saturated heterocycles. The first-order chi connectivity index (χ1) is 9.24. The van der Waals surface area contributed by atoms with Gasteiger partial charge in [-0.1, -0.05) is 13.0 Å². The number of thiophene rings is 1. The molecule has 0 aliphatic heterocycles. The molecule has 4 heteroatoms. The third kappa shape index (κ3) is 3.49. The summed E-state index contributed by atoms with van der Waals surface area (Å²) in [7, 11) is 1.67. The van der Waals surface area contributed by atoms with Gasteiger partial charge in [-0.2, -0.15) is 0 Å². The van der Waals surface area contributed by atoms with E-state index < -0.39 is 0 Å². The Morgan fingerprint density at radius 2 is 2.05 bits per heavy atom. The topological polar surface area (TPSA) is 47.3 Å². The van der Waals surface area contributed by atoms with E-state index in [0.717, 1.165) is 36.5 Å². The minimum absolute atomic E-state index is 0.729. The number of anilines is 1. The molecule has 2 rings (SSSR count). The SMILES string of the molecule is CCc1ccsc1CNCc1ccc(N)cc1OC. The van der Waals surface area contributed by atoms with Gasteiger partial charge in [0.2, 0.25) is 0 Å². The summed E-state index contributed by atoms with van der Waals surface area (Å²) in [6.45, 7) is 3.87. The second-order valence-electron chi connectivity index (χ2n) is 4.40. The molecule has 0 aliphatic rings. The summed E-state index contributed by atoms with van der Waals surface area (Å²) in [5, 5.41) is 5.62. The van der Waals surface area contributed by atoms with Gasteiger partial charge in [0.25, 0.3) is 0 Å². The van der Waals surface area contributed by atoms with E-state index in [1.54, 1.807) is 7.11 Å². The van der Waals surface area contributed by atoms with Gasteiger partial charge >= 0.3 is 0 Å². The van der Waals surface area contributed by atoms with E-state index in [1.807, 2.05) is 29.5 Å². The highest BCUT2D eigenvalue weighted by atomic mass is 32.1. The van der Waals surface area contributed by atoms with Crippen molar-refractivity contribution in [3.63, 3.8) is 0 Å². The molecule has 0 aliphatic carbocycles. The Morgan fingerprint density at radius 3 is 2.79 bits per heavy atom. The van der Waals surface area contributed by atoms with Gasteiger partial charge in [-0.15, -0.1) is 11.3 Å². The molecule has 102 valence electrons. The average molecular weight is 276 g/mol. The maximum Gasteiger partial charge on any atom is 0.125 e. The molecule has 0 unspecified atom stereocenters. The van der Waals surface area contributed by atoms with Crippen LogP contribution in [0.15, 0.2) is 29.6 Å². The Labute approximate surface area is 118 Å². The lowest BCUT2D eigenvalue weighted by Crippen LogP contribution is -2.13. The van der Waals surface area contributed by atoms with Crippen molar-refractivity contribution in [1.29, 1.82) is 0 Å². The third-order valence-electron chi connectivity index (χ3n) is 3.13. The molecule has 0 radical (unpaired) electrons. The Kier molecular flexibility index (Phi) is 4.82. The first kappa shape index (κ1) is 13.9. The van der Waals surface area contributed by atoms with Crippen molar-refractivity contribution >= 4 is 17.0 Å². The van der Waals surface area contributed by atoms with E-state index in [-0.39, 0.29) is 0 Å². The zero-order chi connectivity index (χ0) is 13.7. The van der Waals surface area contributed by atoms with Gasteiger partial charge in [0, 0.05) is 35.3 Å². The van der Waals surface area contributed by atoms with Gasteiger partial charge in [-0.05, 0) is 29.5 Å². The van der Waals surface area contributed by atoms with Gasteiger partial charge in [0.15, 0.2) is 0 Å². The van der Waals surface area contributed by atoms with Gasteiger partial charge in [-0.25, -0.2) is 0 Å². The first-order valence-corrected chi connectivity index (χ1v) is 7.31. The molecule has 0 atom stereocenters. The molecule has 0 fully saturated rings. The summed E-state index contributed by atoms with van der Waals surface area (Å²) in [5.41, 5.74) is 9.04. The lowest BCUT2D eigenvalue weighted by atomic mass is 10.1. The van der Waals surface area contributed by atoms with E-state index in [1.165, 1.54) is 10.4 Å². The van der Waals surface area contributed by atoms with E-state index in [0.29, 0.717) is 0 Å². The van der Waals surface area contributed by atoms with E-state index in [2.05, 4.69) is 23.7 Å². The van der Waals surface area contributed by atoms with Crippen LogP contribution in [0.4, 0.5) is 5.69 Å². The molecule has 2 aromatic rings. The minimum atomic E-state index is 0.729. The molecule has 0 spiro atoms. The van der Waals surface area contributed by atoms with Crippen LogP contribution in [-0.4, -0.2) is 7.11 Å². The Bertz CT molecular complexity index is 537. The fourth-order valence-electron chi connectivity index (χ4n) is 2.06. The fraction of sp³-hybridized carbons (Fsp3) is 0.333. The van der Waals surface area contributed by atoms with Crippen LogP contribution in [0.2, 0.25) is 0 Å². The Morgan fingerprint density at radius 1 is 1.21 bits per heavy atom. The number of nitrogens with two attached hydrogens (primary N) is 1. The van der Waals surface area contributed by atoms with E-state index >= 15 is 0 Å². The summed E-state index contributed by atoms with van der Waals surface area (Å²) in [5.74, 6) is 0.842. The predicted octanol–water partition coefficient (Wildman–Crippen LogP) is 3.19. The predicted molar refractivity (Wildman–Crippen MR) is 81.6 cm³/mol. The second kappa shape index (κ2) is 6.59. The lowest BCUT2D eigenvalue weighted by molar-refractivity contribution is 0.408. The monoisotopic (exact) mass is 276 g/mol. The molecule has 1 aromatic heterocycles. The number of rotatable bonds is 6. The molecular weight excluding hydrogens is 256 g/mol. The van der Waals surface area contributed by atoms with Crippen LogP contribution in [0, 0.1) is 0 Å². The largest absolute Gasteiger partial charge is 0.496 e. The zero-order valence-electron chi connectivity index (χ0n) is 11.4. The van der Waals surface area contributed by atoms with Gasteiger partial charge in [0.1, 0.15) is 5.75 Å². The molecule has 3 nitrogen and oxygen atoms in total. The molecule has 0 bridgehead atoms. The smallest absolute Gasteiger partial charge is 0.125 e. The number of benzene rings is 1. The minimum Gasteiger partial charge on any atom is -0.496 e. The Balaban J connectivity index is 1.96. The highest BCUT2D eigenvalue weighted by Crippen LogP contribution is 2.22. The van der Waals surface area contributed by atoms with Crippen LogP contribution in [0.5, 0.6) is 5.75 Å². The highest BCUT2D eigenvalue weighted by molar-refractivity contribution is 7.10. The number of methoxy groups -OCH3 is 1. The normalized spacial score (nSPS) is 10.6. The highest BCUT2D eigenvalue weighted by Gasteiger charge is 2.05. The van der Waals surface area contributed by atoms with Gasteiger partial charge < -0.3 is 15.8 Å². The summed E-state index contributed by atoms with van der Waals surface area (Å²) in [6.07, 6.45) is 1.09. The molecule has 1 heterocycles. The van der Waals surface area contributed by atoms with E-state index in [4.69, 9.17) is 10.5 Å². The molecule has 19 heavy (non-hydrogen) atoms. The van der Waals surface area contributed by atoms with Crippen molar-refractivity contribution in [2.75, 3.05) is 12.8 Å². The molecule has 0 amide bonds. The van der Waals surface area contributed by atoms with Crippen molar-refractivity contribution in [3.05, 3.63) is 45.6 Å². The van der Waals surface area contributed by atoms with Crippen molar-refractivity contribution < 1.29 is 4.74 Å². The summed E-state index contributed by atoms with van der Waals surface area (Å²) in [4.78, 5) is 1.41.